The molecule has 1 saturated carbocycles. The van der Waals surface area contributed by atoms with Crippen LogP contribution in [0.15, 0.2) is 24.3 Å². The number of allylic oxidation sites excluding steroid dienone is 2. The normalized spacial score (nSPS) is 30.2. The minimum atomic E-state index is 0.100. The highest BCUT2D eigenvalue weighted by Gasteiger charge is 2.60. The molecular formula is C16H28. The van der Waals surface area contributed by atoms with Gasteiger partial charge in [0, 0.05) is 0 Å². The third kappa shape index (κ3) is 1.16. The van der Waals surface area contributed by atoms with E-state index in [0.717, 1.165) is 0 Å². The van der Waals surface area contributed by atoms with Crippen LogP contribution in [0.2, 0.25) is 0 Å². The lowest BCUT2D eigenvalue weighted by atomic mass is 9.39. The van der Waals surface area contributed by atoms with Gasteiger partial charge in [-0.1, -0.05) is 68.5 Å². The molecule has 0 saturated heterocycles. The van der Waals surface area contributed by atoms with Gasteiger partial charge in [0.2, 0.25) is 0 Å². The lowest BCUT2D eigenvalue weighted by Crippen LogP contribution is -2.57. The van der Waals surface area contributed by atoms with E-state index >= 15 is 0 Å². The Morgan fingerprint density at radius 1 is 0.562 bits per heavy atom. The Bertz CT molecular complexity index is 312. The van der Waals surface area contributed by atoms with Crippen LogP contribution in [-0.2, 0) is 0 Å². The molecular weight excluding hydrogens is 192 g/mol. The van der Waals surface area contributed by atoms with Crippen LogP contribution in [0.1, 0.15) is 55.4 Å². The molecule has 0 aromatic rings. The highest BCUT2D eigenvalue weighted by Crippen LogP contribution is 2.68. The summed E-state index contributed by atoms with van der Waals surface area (Å²) in [6.07, 6.45) is 0. The van der Waals surface area contributed by atoms with Crippen LogP contribution >= 0.6 is 0 Å². The van der Waals surface area contributed by atoms with Crippen molar-refractivity contribution in [3.8, 4) is 0 Å². The topological polar surface area (TPSA) is 0 Å². The summed E-state index contributed by atoms with van der Waals surface area (Å²) in [6, 6.07) is 0. The van der Waals surface area contributed by atoms with Gasteiger partial charge in [-0.25, -0.2) is 0 Å². The highest BCUT2D eigenvalue weighted by molar-refractivity contribution is 5.43. The smallest absolute Gasteiger partial charge is 0.00502 e. The van der Waals surface area contributed by atoms with Crippen LogP contribution in [-0.4, -0.2) is 0 Å². The van der Waals surface area contributed by atoms with E-state index in [0.29, 0.717) is 0 Å². The number of rotatable bonds is 0. The summed E-state index contributed by atoms with van der Waals surface area (Å²) in [5, 5.41) is 0. The Morgan fingerprint density at radius 2 is 0.750 bits per heavy atom. The molecule has 0 heteroatoms. The average Bonchev–Trinajstić information content (AvgIpc) is 2.12. The highest BCUT2D eigenvalue weighted by atomic mass is 14.6. The van der Waals surface area contributed by atoms with E-state index in [1.54, 1.807) is 0 Å². The molecule has 1 aliphatic carbocycles. The van der Waals surface area contributed by atoms with Crippen molar-refractivity contribution in [2.24, 2.45) is 21.7 Å². The molecule has 0 unspecified atom stereocenters. The quantitative estimate of drug-likeness (QED) is 0.525. The number of hydrogen-bond acceptors (Lipinski definition) is 0. The average molecular weight is 220 g/mol. The first-order valence-electron chi connectivity index (χ1n) is 6.21. The predicted molar refractivity (Wildman–Crippen MR) is 73.4 cm³/mol. The van der Waals surface area contributed by atoms with Crippen LogP contribution in [0.3, 0.4) is 0 Å². The van der Waals surface area contributed by atoms with Gasteiger partial charge in [0.15, 0.2) is 0 Å². The molecule has 0 amide bonds. The fourth-order valence-electron chi connectivity index (χ4n) is 3.07. The zero-order valence-corrected chi connectivity index (χ0v) is 12.4. The van der Waals surface area contributed by atoms with Crippen molar-refractivity contribution >= 4 is 0 Å². The Hall–Kier alpha value is -0.520. The van der Waals surface area contributed by atoms with Crippen molar-refractivity contribution in [3.63, 3.8) is 0 Å². The Balaban J connectivity index is 3.54. The molecule has 1 rings (SSSR count). The van der Waals surface area contributed by atoms with Gasteiger partial charge in [0.1, 0.15) is 0 Å². The van der Waals surface area contributed by atoms with Gasteiger partial charge < -0.3 is 0 Å². The summed E-state index contributed by atoms with van der Waals surface area (Å²) in [7, 11) is 0. The van der Waals surface area contributed by atoms with Crippen molar-refractivity contribution in [1.82, 2.24) is 0 Å². The van der Waals surface area contributed by atoms with Crippen molar-refractivity contribution < 1.29 is 0 Å². The molecule has 0 N–H and O–H groups in total. The Labute approximate surface area is 102 Å². The first-order valence-corrected chi connectivity index (χ1v) is 6.21. The van der Waals surface area contributed by atoms with Crippen molar-refractivity contribution in [2.75, 3.05) is 0 Å². The monoisotopic (exact) mass is 220 g/mol. The molecule has 16 heavy (non-hydrogen) atoms. The summed E-state index contributed by atoms with van der Waals surface area (Å²) in [5.74, 6) is 0. The fraction of sp³-hybridized carbons (Fsp3) is 0.750. The van der Waals surface area contributed by atoms with E-state index in [4.69, 9.17) is 0 Å². The zero-order valence-electron chi connectivity index (χ0n) is 12.4. The fourth-order valence-corrected chi connectivity index (χ4v) is 3.07. The zero-order chi connectivity index (χ0) is 13.2. The van der Waals surface area contributed by atoms with Gasteiger partial charge in [-0.15, -0.1) is 0 Å². The van der Waals surface area contributed by atoms with Crippen LogP contribution in [0.5, 0.6) is 0 Å². The lowest BCUT2D eigenvalue weighted by Gasteiger charge is -2.65. The molecule has 0 aliphatic heterocycles. The molecule has 92 valence electrons. The summed E-state index contributed by atoms with van der Waals surface area (Å²) in [4.78, 5) is 0. The van der Waals surface area contributed by atoms with Crippen molar-refractivity contribution in [3.05, 3.63) is 24.3 Å². The van der Waals surface area contributed by atoms with Gasteiger partial charge in [-0.05, 0) is 32.8 Å². The molecule has 0 nitrogen and oxygen atoms in total. The molecule has 1 aliphatic rings. The van der Waals surface area contributed by atoms with Crippen molar-refractivity contribution in [1.29, 1.82) is 0 Å². The van der Waals surface area contributed by atoms with Gasteiger partial charge >= 0.3 is 0 Å². The molecule has 0 aromatic heterocycles. The summed E-state index contributed by atoms with van der Waals surface area (Å²) in [6.45, 7) is 27.3. The predicted octanol–water partition coefficient (Wildman–Crippen LogP) is 5.22. The van der Waals surface area contributed by atoms with Gasteiger partial charge in [0.05, 0.1) is 0 Å². The maximum Gasteiger partial charge on any atom is -0.00502 e. The van der Waals surface area contributed by atoms with E-state index in [-0.39, 0.29) is 21.7 Å². The molecule has 0 bridgehead atoms. The molecule has 0 spiro atoms. The molecule has 0 atom stereocenters. The number of hydrogen-bond donors (Lipinski definition) is 0. The van der Waals surface area contributed by atoms with E-state index in [2.05, 4.69) is 68.5 Å². The van der Waals surface area contributed by atoms with Crippen molar-refractivity contribution in [2.45, 2.75) is 55.4 Å². The first kappa shape index (κ1) is 13.5. The Morgan fingerprint density at radius 3 is 0.938 bits per heavy atom. The van der Waals surface area contributed by atoms with Crippen LogP contribution in [0.25, 0.3) is 0 Å². The standard InChI is InChI=1S/C16H28/c1-11-12(2)14(5,6)16(9,10)15(7,8)13(11,3)4/h1-2H2,3-10H3. The van der Waals surface area contributed by atoms with E-state index < -0.39 is 0 Å². The summed E-state index contributed by atoms with van der Waals surface area (Å²) in [5.41, 5.74) is 3.04. The molecule has 0 heterocycles. The van der Waals surface area contributed by atoms with Crippen LogP contribution in [0.4, 0.5) is 0 Å². The second kappa shape index (κ2) is 3.03. The lowest BCUT2D eigenvalue weighted by molar-refractivity contribution is -0.0843. The maximum atomic E-state index is 4.31. The SMILES string of the molecule is C=C1C(=C)C(C)(C)C(C)(C)C(C)(C)C1(C)C. The van der Waals surface area contributed by atoms with Gasteiger partial charge in [0.25, 0.3) is 0 Å². The summed E-state index contributed by atoms with van der Waals surface area (Å²) < 4.78 is 0. The molecule has 1 fully saturated rings. The van der Waals surface area contributed by atoms with Crippen LogP contribution < -0.4 is 0 Å². The largest absolute Gasteiger partial charge is 0.0950 e. The third-order valence-electron chi connectivity index (χ3n) is 6.56. The maximum absolute atomic E-state index is 4.31. The van der Waals surface area contributed by atoms with Gasteiger partial charge in [-0.2, -0.15) is 0 Å². The van der Waals surface area contributed by atoms with E-state index in [1.165, 1.54) is 11.1 Å². The second-order valence-electron chi connectivity index (χ2n) is 7.46. The first-order chi connectivity index (χ1) is 6.82. The minimum Gasteiger partial charge on any atom is -0.0950 e. The minimum absolute atomic E-state index is 0.100. The van der Waals surface area contributed by atoms with E-state index in [1.807, 2.05) is 0 Å². The molecule has 0 radical (unpaired) electrons. The molecule has 0 aromatic carbocycles. The van der Waals surface area contributed by atoms with E-state index in [9.17, 15) is 0 Å². The van der Waals surface area contributed by atoms with Crippen LogP contribution in [0, 0.1) is 21.7 Å². The second-order valence-corrected chi connectivity index (χ2v) is 7.46. The Kier molecular flexibility index (Phi) is 2.56. The third-order valence-corrected chi connectivity index (χ3v) is 6.56. The van der Waals surface area contributed by atoms with Gasteiger partial charge in [-0.3, -0.25) is 0 Å². The summed E-state index contributed by atoms with van der Waals surface area (Å²) >= 11 is 0.